The lowest BCUT2D eigenvalue weighted by Crippen LogP contribution is -2.55. The Bertz CT molecular complexity index is 1130. The Morgan fingerprint density at radius 1 is 1.17 bits per heavy atom. The number of aliphatic hydroxyl groups excluding tert-OH is 1. The van der Waals surface area contributed by atoms with Crippen molar-refractivity contribution >= 4 is 11.6 Å². The standard InChI is InChI=1S/C29H35NO5/c1-18(32)19-4-6-20(7-5-19)25-17-28(2)26(12-14-29(28,30(34)35)13-3-15-31)24-10-8-21-16-22(33)9-11-23(21)27(24)25/h4-7,16,24-26,31H,3,8-15,17H2,1-2H3/t24?,25-,26?,28+,29?/m1/s1. The second-order valence-corrected chi connectivity index (χ2v) is 11.3. The van der Waals surface area contributed by atoms with E-state index in [0.29, 0.717) is 37.7 Å². The zero-order valence-corrected chi connectivity index (χ0v) is 20.7. The number of hydrogen-bond acceptors (Lipinski definition) is 5. The maximum atomic E-state index is 12.7. The molecule has 3 unspecified atom stereocenters. The molecule has 5 rings (SSSR count). The van der Waals surface area contributed by atoms with Gasteiger partial charge in [0.05, 0.1) is 0 Å². The fourth-order valence-electron chi connectivity index (χ4n) is 8.18. The summed E-state index contributed by atoms with van der Waals surface area (Å²) in [5.41, 5.74) is 4.13. The van der Waals surface area contributed by atoms with Gasteiger partial charge in [0.25, 0.3) is 0 Å². The van der Waals surface area contributed by atoms with Crippen LogP contribution in [0.2, 0.25) is 0 Å². The third-order valence-corrected chi connectivity index (χ3v) is 9.87. The zero-order valence-electron chi connectivity index (χ0n) is 20.7. The predicted octanol–water partition coefficient (Wildman–Crippen LogP) is 5.58. The van der Waals surface area contributed by atoms with Crippen LogP contribution < -0.4 is 0 Å². The van der Waals surface area contributed by atoms with Crippen molar-refractivity contribution in [2.75, 3.05) is 6.61 Å². The van der Waals surface area contributed by atoms with E-state index in [2.05, 4.69) is 6.92 Å². The first-order valence-electron chi connectivity index (χ1n) is 13.0. The summed E-state index contributed by atoms with van der Waals surface area (Å²) in [5, 5.41) is 22.3. The molecule has 0 saturated heterocycles. The highest BCUT2D eigenvalue weighted by Crippen LogP contribution is 2.68. The number of carbonyl (C=O) groups excluding carboxylic acids is 2. The minimum absolute atomic E-state index is 0.0213. The summed E-state index contributed by atoms with van der Waals surface area (Å²) < 4.78 is 0. The fraction of sp³-hybridized carbons (Fsp3) is 0.586. The van der Waals surface area contributed by atoms with Crippen LogP contribution in [-0.2, 0) is 4.79 Å². The van der Waals surface area contributed by atoms with Crippen molar-refractivity contribution in [1.29, 1.82) is 0 Å². The number of aliphatic hydroxyl groups is 1. The van der Waals surface area contributed by atoms with Crippen LogP contribution in [0.15, 0.2) is 47.1 Å². The van der Waals surface area contributed by atoms with Crippen LogP contribution in [0, 0.1) is 27.4 Å². The van der Waals surface area contributed by atoms with Gasteiger partial charge in [-0.15, -0.1) is 0 Å². The molecule has 6 nitrogen and oxygen atoms in total. The molecule has 186 valence electrons. The van der Waals surface area contributed by atoms with Gasteiger partial charge in [0.1, 0.15) is 0 Å². The molecular formula is C29H35NO5. The lowest BCUT2D eigenvalue weighted by molar-refractivity contribution is -0.591. The molecule has 1 N–H and O–H groups in total. The molecule has 0 amide bonds. The average Bonchev–Trinajstić information content (AvgIpc) is 3.14. The van der Waals surface area contributed by atoms with Crippen molar-refractivity contribution in [1.82, 2.24) is 0 Å². The Balaban J connectivity index is 1.67. The number of Topliss-reactive ketones (excluding diaryl/α,β-unsaturated/α-hetero) is 1. The summed E-state index contributed by atoms with van der Waals surface area (Å²) in [6.45, 7) is 3.66. The van der Waals surface area contributed by atoms with Gasteiger partial charge in [-0.1, -0.05) is 36.8 Å². The average molecular weight is 478 g/mol. The van der Waals surface area contributed by atoms with E-state index in [1.54, 1.807) is 6.92 Å². The Kier molecular flexibility index (Phi) is 6.07. The number of fused-ring (bicyclic) bond motifs is 4. The number of ketones is 2. The van der Waals surface area contributed by atoms with Gasteiger partial charge in [-0.25, -0.2) is 0 Å². The molecule has 35 heavy (non-hydrogen) atoms. The van der Waals surface area contributed by atoms with Crippen molar-refractivity contribution in [2.24, 2.45) is 17.3 Å². The highest BCUT2D eigenvalue weighted by molar-refractivity contribution is 5.94. The number of hydrogen-bond donors (Lipinski definition) is 1. The molecule has 5 atom stereocenters. The maximum Gasteiger partial charge on any atom is 0.227 e. The summed E-state index contributed by atoms with van der Waals surface area (Å²) in [6, 6.07) is 7.80. The van der Waals surface area contributed by atoms with Gasteiger partial charge in [-0.05, 0) is 80.1 Å². The van der Waals surface area contributed by atoms with Crippen LogP contribution in [0.4, 0.5) is 0 Å². The smallest absolute Gasteiger partial charge is 0.227 e. The molecule has 2 fully saturated rings. The molecule has 2 saturated carbocycles. The first-order chi connectivity index (χ1) is 16.7. The predicted molar refractivity (Wildman–Crippen MR) is 133 cm³/mol. The first kappa shape index (κ1) is 24.1. The largest absolute Gasteiger partial charge is 0.396 e. The van der Waals surface area contributed by atoms with Gasteiger partial charge in [-0.2, -0.15) is 0 Å². The molecule has 0 aliphatic heterocycles. The number of benzene rings is 1. The van der Waals surface area contributed by atoms with Crippen molar-refractivity contribution in [3.8, 4) is 0 Å². The Morgan fingerprint density at radius 3 is 2.57 bits per heavy atom. The van der Waals surface area contributed by atoms with E-state index in [4.69, 9.17) is 0 Å². The van der Waals surface area contributed by atoms with E-state index in [1.165, 1.54) is 16.7 Å². The summed E-state index contributed by atoms with van der Waals surface area (Å²) in [4.78, 5) is 36.8. The van der Waals surface area contributed by atoms with E-state index >= 15 is 0 Å². The van der Waals surface area contributed by atoms with Gasteiger partial charge >= 0.3 is 0 Å². The van der Waals surface area contributed by atoms with Crippen LogP contribution in [0.3, 0.4) is 0 Å². The molecule has 4 aliphatic carbocycles. The molecular weight excluding hydrogens is 442 g/mol. The van der Waals surface area contributed by atoms with Crippen LogP contribution in [0.1, 0.15) is 93.5 Å². The molecule has 6 heteroatoms. The van der Waals surface area contributed by atoms with Crippen LogP contribution >= 0.6 is 0 Å². The third kappa shape index (κ3) is 3.64. The number of nitrogens with zero attached hydrogens (tertiary/aromatic N) is 1. The third-order valence-electron chi connectivity index (χ3n) is 9.87. The Labute approximate surface area is 206 Å². The molecule has 1 aromatic carbocycles. The van der Waals surface area contributed by atoms with Gasteiger partial charge in [0.15, 0.2) is 11.6 Å². The van der Waals surface area contributed by atoms with Gasteiger partial charge in [-0.3, -0.25) is 19.7 Å². The zero-order chi connectivity index (χ0) is 25.0. The molecule has 4 aliphatic rings. The summed E-state index contributed by atoms with van der Waals surface area (Å²) in [6.07, 6.45) is 7.81. The van der Waals surface area contributed by atoms with Crippen LogP contribution in [0.5, 0.6) is 0 Å². The molecule has 0 bridgehead atoms. The lowest BCUT2D eigenvalue weighted by atomic mass is 9.50. The van der Waals surface area contributed by atoms with Crippen molar-refractivity contribution < 1.29 is 19.6 Å². The second kappa shape index (κ2) is 8.81. The topological polar surface area (TPSA) is 97.5 Å². The Hall–Kier alpha value is -2.60. The fourth-order valence-corrected chi connectivity index (χ4v) is 8.18. The quantitative estimate of drug-likeness (QED) is 0.328. The maximum absolute atomic E-state index is 12.7. The van der Waals surface area contributed by atoms with Crippen molar-refractivity contribution in [3.05, 3.63) is 68.3 Å². The van der Waals surface area contributed by atoms with E-state index in [1.807, 2.05) is 30.3 Å². The number of carbonyl (C=O) groups is 2. The van der Waals surface area contributed by atoms with Gasteiger partial charge in [0, 0.05) is 47.7 Å². The number of rotatable bonds is 6. The second-order valence-electron chi connectivity index (χ2n) is 11.3. The Morgan fingerprint density at radius 2 is 1.91 bits per heavy atom. The molecule has 0 aromatic heterocycles. The minimum Gasteiger partial charge on any atom is -0.396 e. The first-order valence-corrected chi connectivity index (χ1v) is 13.0. The molecule has 1 aromatic rings. The number of allylic oxidation sites excluding steroid dienone is 4. The van der Waals surface area contributed by atoms with E-state index < -0.39 is 11.0 Å². The summed E-state index contributed by atoms with van der Waals surface area (Å²) in [5.74, 6) is 0.736. The summed E-state index contributed by atoms with van der Waals surface area (Å²) in [7, 11) is 0. The molecule has 0 heterocycles. The van der Waals surface area contributed by atoms with Gasteiger partial charge in [0.2, 0.25) is 5.54 Å². The van der Waals surface area contributed by atoms with Gasteiger partial charge < -0.3 is 5.11 Å². The normalized spacial score (nSPS) is 34.1. The van der Waals surface area contributed by atoms with Crippen molar-refractivity contribution in [3.63, 3.8) is 0 Å². The number of nitro groups is 1. The molecule has 0 spiro atoms. The minimum atomic E-state index is -1.03. The van der Waals surface area contributed by atoms with E-state index in [9.17, 15) is 24.8 Å². The van der Waals surface area contributed by atoms with E-state index in [0.717, 1.165) is 31.2 Å². The summed E-state index contributed by atoms with van der Waals surface area (Å²) >= 11 is 0. The molecule has 0 radical (unpaired) electrons. The lowest BCUT2D eigenvalue weighted by Gasteiger charge is -2.53. The van der Waals surface area contributed by atoms with Crippen molar-refractivity contribution in [2.45, 2.75) is 83.1 Å². The van der Waals surface area contributed by atoms with E-state index in [-0.39, 0.29) is 40.9 Å². The van der Waals surface area contributed by atoms with Crippen LogP contribution in [0.25, 0.3) is 0 Å². The SMILES string of the molecule is CC(=O)c1ccc([C@H]2C[C@@]3(C)C(CCC3(CCCO)[N+](=O)[O-])C3CCC4=CC(=O)CCC4=C32)cc1. The monoisotopic (exact) mass is 477 g/mol. The highest BCUT2D eigenvalue weighted by Gasteiger charge is 2.69. The van der Waals surface area contributed by atoms with Crippen LogP contribution in [-0.4, -0.2) is 33.7 Å². The highest BCUT2D eigenvalue weighted by atomic mass is 16.6.